The second-order valence-electron chi connectivity index (χ2n) is 4.94. The van der Waals surface area contributed by atoms with E-state index in [1.165, 1.54) is 38.5 Å². The Hall–Kier alpha value is 0.270. The third-order valence-electron chi connectivity index (χ3n) is 2.81. The summed E-state index contributed by atoms with van der Waals surface area (Å²) in [6.45, 7) is 4.54. The Balaban J connectivity index is 0. The summed E-state index contributed by atoms with van der Waals surface area (Å²) in [5.41, 5.74) is 0. The predicted molar refractivity (Wildman–Crippen MR) is 64.1 cm³/mol. The molecule has 0 aromatic heterocycles. The van der Waals surface area contributed by atoms with Crippen molar-refractivity contribution in [1.29, 1.82) is 0 Å². The fourth-order valence-electron chi connectivity index (χ4n) is 1.78. The number of nitrogens with one attached hydrogen (secondary N) is 1. The van der Waals surface area contributed by atoms with E-state index in [0.29, 0.717) is 6.42 Å². The van der Waals surface area contributed by atoms with Crippen molar-refractivity contribution >= 4 is 5.90 Å². The van der Waals surface area contributed by atoms with Crippen LogP contribution in [0.3, 0.4) is 0 Å². The van der Waals surface area contributed by atoms with Crippen LogP contribution in [0.4, 0.5) is 0 Å². The van der Waals surface area contributed by atoms with Gasteiger partial charge in [0.25, 0.3) is 0 Å². The zero-order valence-electron chi connectivity index (χ0n) is 11.8. The minimum absolute atomic E-state index is 0. The maximum Gasteiger partial charge on any atom is 1.00 e. The number of unbranched alkanes of at least 4 members (excludes halogenated alkanes) is 6. The number of hydrogen-bond donors (Lipinski definition) is 2. The van der Waals surface area contributed by atoms with E-state index < -0.39 is 0 Å². The second-order valence-corrected chi connectivity index (χ2v) is 4.94. The predicted octanol–water partition coefficient (Wildman–Crippen LogP) is -1.61. The van der Waals surface area contributed by atoms with Crippen molar-refractivity contribution in [1.82, 2.24) is 0 Å². The van der Waals surface area contributed by atoms with Crippen molar-refractivity contribution in [3.8, 4) is 0 Å². The van der Waals surface area contributed by atoms with Crippen molar-refractivity contribution in [2.75, 3.05) is 0 Å². The molecule has 2 N–H and O–H groups in total. The summed E-state index contributed by atoms with van der Waals surface area (Å²) < 4.78 is 0. The van der Waals surface area contributed by atoms with Crippen LogP contribution in [0.25, 0.3) is 0 Å². The van der Waals surface area contributed by atoms with Crippen molar-refractivity contribution < 1.29 is 45.0 Å². The molecule has 17 heavy (non-hydrogen) atoms. The smallest absolute Gasteiger partial charge is 0.824 e. The largest absolute Gasteiger partial charge is 1.00 e. The van der Waals surface area contributed by atoms with E-state index in [1.807, 2.05) is 0 Å². The topological polar surface area (TPSA) is 57.3 Å². The van der Waals surface area contributed by atoms with Crippen LogP contribution in [-0.2, 0) is 0 Å². The Morgan fingerprint density at radius 2 is 1.47 bits per heavy atom. The molecule has 0 rings (SSSR count). The molecule has 96 valence electrons. The summed E-state index contributed by atoms with van der Waals surface area (Å²) in [6.07, 6.45) is 10.3. The van der Waals surface area contributed by atoms with Crippen molar-refractivity contribution in [3.63, 3.8) is 0 Å². The second kappa shape index (κ2) is 14.3. The molecule has 0 saturated heterocycles. The summed E-state index contributed by atoms with van der Waals surface area (Å²) >= 11 is 0. The molecule has 4 heteroatoms. The number of rotatable bonds is 10. The van der Waals surface area contributed by atoms with Gasteiger partial charge in [-0.2, -0.15) is 0 Å². The average Bonchev–Trinajstić information content (AvgIpc) is 2.26. The van der Waals surface area contributed by atoms with Crippen LogP contribution in [0.2, 0.25) is 0 Å². The first-order valence-electron chi connectivity index (χ1n) is 6.59. The molecule has 0 fully saturated rings. The molecule has 0 aliphatic heterocycles. The first kappa shape index (κ1) is 19.6. The fourth-order valence-corrected chi connectivity index (χ4v) is 1.78. The van der Waals surface area contributed by atoms with Gasteiger partial charge in [0.15, 0.2) is 5.90 Å². The van der Waals surface area contributed by atoms with Gasteiger partial charge in [-0.1, -0.05) is 63.9 Å². The normalized spacial score (nSPS) is 11.6. The van der Waals surface area contributed by atoms with Gasteiger partial charge in [-0.25, -0.2) is 0 Å². The van der Waals surface area contributed by atoms with Crippen molar-refractivity contribution in [2.45, 2.75) is 71.6 Å². The van der Waals surface area contributed by atoms with Crippen LogP contribution in [0, 0.1) is 5.92 Å². The van der Waals surface area contributed by atoms with E-state index in [0.717, 1.165) is 18.8 Å². The molecule has 0 atom stereocenters. The zero-order valence-corrected chi connectivity index (χ0v) is 13.8. The molecule has 0 aromatic carbocycles. The van der Waals surface area contributed by atoms with Gasteiger partial charge in [0, 0.05) is 6.42 Å². The summed E-state index contributed by atoms with van der Waals surface area (Å²) in [4.78, 5) is 0. The van der Waals surface area contributed by atoms with Gasteiger partial charge in [-0.3, -0.25) is 5.21 Å². The van der Waals surface area contributed by atoms with E-state index in [2.05, 4.69) is 13.8 Å². The van der Waals surface area contributed by atoms with Gasteiger partial charge >= 0.3 is 29.6 Å². The van der Waals surface area contributed by atoms with E-state index >= 15 is 0 Å². The monoisotopic (exact) mass is 252 g/mol. The van der Waals surface area contributed by atoms with Crippen molar-refractivity contribution in [2.24, 2.45) is 5.92 Å². The first-order valence-corrected chi connectivity index (χ1v) is 6.59. The van der Waals surface area contributed by atoms with Crippen molar-refractivity contribution in [3.05, 3.63) is 0 Å². The van der Waals surface area contributed by atoms with E-state index in [9.17, 15) is 5.11 Å². The molecule has 0 bridgehead atoms. The Bertz CT molecular complexity index is 184. The Kier molecular flexibility index (Phi) is 16.5. The average molecular weight is 252 g/mol. The molecule has 0 heterocycles. The minimum atomic E-state index is -0.267. The van der Waals surface area contributed by atoms with E-state index in [-0.39, 0.29) is 35.5 Å². The van der Waals surface area contributed by atoms with E-state index in [4.69, 9.17) is 5.21 Å². The van der Waals surface area contributed by atoms with Crippen LogP contribution >= 0.6 is 0 Å². The Morgan fingerprint density at radius 1 is 1.00 bits per heavy atom. The third kappa shape index (κ3) is 16.3. The molecular weight excluding hydrogens is 225 g/mol. The van der Waals surface area contributed by atoms with Gasteiger partial charge in [-0.05, 0) is 12.3 Å². The van der Waals surface area contributed by atoms with Gasteiger partial charge in [0.2, 0.25) is 0 Å². The van der Waals surface area contributed by atoms with Crippen LogP contribution in [0.5, 0.6) is 0 Å². The molecule has 3 nitrogen and oxygen atoms in total. The molecule has 0 saturated carbocycles. The molecule has 0 amide bonds. The molecule has 0 aromatic rings. The molecule has 0 radical (unpaired) electrons. The van der Waals surface area contributed by atoms with Crippen LogP contribution < -0.4 is 39.8 Å². The summed E-state index contributed by atoms with van der Waals surface area (Å²) in [5, 5.41) is 20.6. The maximum atomic E-state index is 10.7. The van der Waals surface area contributed by atoms with Gasteiger partial charge in [0.05, 0.1) is 0 Å². The molecule has 0 spiro atoms. The van der Waals surface area contributed by atoms with Crippen LogP contribution in [0.15, 0.2) is 0 Å². The Labute approximate surface area is 128 Å². The molecule has 0 unspecified atom stereocenters. The maximum absolute atomic E-state index is 10.7. The molecule has 0 aliphatic rings. The van der Waals surface area contributed by atoms with Gasteiger partial charge < -0.3 is 5.11 Å². The summed E-state index contributed by atoms with van der Waals surface area (Å²) in [5.74, 6) is 0.564. The standard InChI is InChI=1S/C13H27NO2.Na/c1-12(2)10-8-6-4-3-5-7-9-11-13(15)14-16;/h12,16H,3-11H2,1-2H3,(H,14,15);/q;+1. The van der Waals surface area contributed by atoms with Crippen LogP contribution in [0.1, 0.15) is 71.6 Å². The summed E-state index contributed by atoms with van der Waals surface area (Å²) in [7, 11) is 0. The SMILES string of the molecule is CC(C)CCCCCCCCCC([O-])=[NH+]O.[Na+]. The van der Waals surface area contributed by atoms with Gasteiger partial charge in [-0.15, -0.1) is 0 Å². The number of hydrogen-bond acceptors (Lipinski definition) is 2. The minimum Gasteiger partial charge on any atom is -0.824 e. The third-order valence-corrected chi connectivity index (χ3v) is 2.81. The zero-order chi connectivity index (χ0) is 12.2. The van der Waals surface area contributed by atoms with Crippen LogP contribution in [-0.4, -0.2) is 11.1 Å². The summed E-state index contributed by atoms with van der Waals surface area (Å²) in [6, 6.07) is 0. The Morgan fingerprint density at radius 3 is 1.94 bits per heavy atom. The van der Waals surface area contributed by atoms with E-state index in [1.54, 1.807) is 5.16 Å². The first-order chi connectivity index (χ1) is 7.66. The fraction of sp³-hybridized carbons (Fsp3) is 0.923. The molecule has 0 aliphatic carbocycles. The van der Waals surface area contributed by atoms with Gasteiger partial charge in [0.1, 0.15) is 0 Å². The molecular formula is C13H27NNaO2+. The quantitative estimate of drug-likeness (QED) is 0.123.